The lowest BCUT2D eigenvalue weighted by molar-refractivity contribution is -0.122. The maximum atomic E-state index is 11.9. The average Bonchev–Trinajstić information content (AvgIpc) is 2.69. The van der Waals surface area contributed by atoms with Crippen LogP contribution in [0.5, 0.6) is 11.5 Å². The lowest BCUT2D eigenvalue weighted by Gasteiger charge is -2.22. The molecule has 1 saturated heterocycles. The maximum absolute atomic E-state index is 11.9. The lowest BCUT2D eigenvalue weighted by Crippen LogP contribution is -2.42. The van der Waals surface area contributed by atoms with E-state index in [1.807, 2.05) is 18.2 Å². The van der Waals surface area contributed by atoms with Crippen molar-refractivity contribution in [3.63, 3.8) is 0 Å². The fourth-order valence-electron chi connectivity index (χ4n) is 2.64. The summed E-state index contributed by atoms with van der Waals surface area (Å²) in [6.07, 6.45) is 3.02. The molecule has 2 aliphatic rings. The van der Waals surface area contributed by atoms with Crippen molar-refractivity contribution in [1.82, 2.24) is 10.6 Å². The van der Waals surface area contributed by atoms with E-state index in [-0.39, 0.29) is 11.9 Å². The molecule has 1 atom stereocenters. The topological polar surface area (TPSA) is 59.6 Å². The predicted molar refractivity (Wildman–Crippen MR) is 74.9 cm³/mol. The first-order valence-corrected chi connectivity index (χ1v) is 7.23. The molecule has 0 bridgehead atoms. The molecule has 1 unspecified atom stereocenters. The van der Waals surface area contributed by atoms with Gasteiger partial charge >= 0.3 is 0 Å². The minimum Gasteiger partial charge on any atom is -0.486 e. The van der Waals surface area contributed by atoms with E-state index in [1.165, 1.54) is 0 Å². The second-order valence-electron chi connectivity index (χ2n) is 5.16. The van der Waals surface area contributed by atoms with Crippen LogP contribution in [0, 0.1) is 0 Å². The van der Waals surface area contributed by atoms with Crippen LogP contribution in [-0.4, -0.2) is 31.7 Å². The fraction of sp³-hybridized carbons (Fsp3) is 0.533. The standard InChI is InChI=1S/C15H20N2O3/c18-15-12(5-1-2-7-16-15)17-10-11-4-3-6-13-14(11)20-9-8-19-13/h3-4,6,12,17H,1-2,5,7-10H2,(H,16,18). The second kappa shape index (κ2) is 6.13. The Hall–Kier alpha value is -1.75. The number of benzene rings is 1. The quantitative estimate of drug-likeness (QED) is 0.871. The third-order valence-electron chi connectivity index (χ3n) is 3.72. The molecule has 0 radical (unpaired) electrons. The van der Waals surface area contributed by atoms with Crippen LogP contribution in [-0.2, 0) is 11.3 Å². The molecule has 5 nitrogen and oxygen atoms in total. The first-order valence-electron chi connectivity index (χ1n) is 7.23. The third kappa shape index (κ3) is 2.88. The molecule has 20 heavy (non-hydrogen) atoms. The molecule has 0 aliphatic carbocycles. The molecular weight excluding hydrogens is 256 g/mol. The highest BCUT2D eigenvalue weighted by Crippen LogP contribution is 2.33. The van der Waals surface area contributed by atoms with Crippen molar-refractivity contribution in [3.05, 3.63) is 23.8 Å². The van der Waals surface area contributed by atoms with Gasteiger partial charge in [0.05, 0.1) is 6.04 Å². The molecule has 1 fully saturated rings. The van der Waals surface area contributed by atoms with Crippen LogP contribution in [0.2, 0.25) is 0 Å². The van der Waals surface area contributed by atoms with E-state index in [4.69, 9.17) is 9.47 Å². The van der Waals surface area contributed by atoms with Crippen molar-refractivity contribution >= 4 is 5.91 Å². The number of amides is 1. The SMILES string of the molecule is O=C1NCCCCC1NCc1cccc2c1OCCO2. The Morgan fingerprint density at radius 3 is 3.10 bits per heavy atom. The summed E-state index contributed by atoms with van der Waals surface area (Å²) in [6.45, 7) is 2.57. The van der Waals surface area contributed by atoms with E-state index in [1.54, 1.807) is 0 Å². The molecule has 3 rings (SSSR count). The molecule has 0 spiro atoms. The summed E-state index contributed by atoms with van der Waals surface area (Å²) in [7, 11) is 0. The van der Waals surface area contributed by atoms with Crippen LogP contribution < -0.4 is 20.1 Å². The molecule has 1 amide bonds. The lowest BCUT2D eigenvalue weighted by atomic mass is 10.1. The summed E-state index contributed by atoms with van der Waals surface area (Å²) in [5.41, 5.74) is 1.04. The van der Waals surface area contributed by atoms with E-state index in [9.17, 15) is 4.79 Å². The number of para-hydroxylation sites is 1. The first kappa shape index (κ1) is 13.2. The van der Waals surface area contributed by atoms with Gasteiger partial charge in [-0.05, 0) is 25.3 Å². The van der Waals surface area contributed by atoms with Crippen molar-refractivity contribution < 1.29 is 14.3 Å². The van der Waals surface area contributed by atoms with Crippen LogP contribution >= 0.6 is 0 Å². The number of fused-ring (bicyclic) bond motifs is 1. The maximum Gasteiger partial charge on any atom is 0.237 e. The summed E-state index contributed by atoms with van der Waals surface area (Å²) in [5, 5.41) is 6.27. The molecule has 2 heterocycles. The van der Waals surface area contributed by atoms with Gasteiger partial charge in [-0.25, -0.2) is 0 Å². The summed E-state index contributed by atoms with van der Waals surface area (Å²) in [4.78, 5) is 11.9. The van der Waals surface area contributed by atoms with Gasteiger partial charge in [0.25, 0.3) is 0 Å². The molecule has 5 heteroatoms. The van der Waals surface area contributed by atoms with Crippen molar-refractivity contribution in [2.45, 2.75) is 31.8 Å². The molecule has 108 valence electrons. The van der Waals surface area contributed by atoms with E-state index < -0.39 is 0 Å². The zero-order chi connectivity index (χ0) is 13.8. The van der Waals surface area contributed by atoms with E-state index >= 15 is 0 Å². The molecule has 1 aromatic rings. The van der Waals surface area contributed by atoms with Crippen LogP contribution in [0.25, 0.3) is 0 Å². The van der Waals surface area contributed by atoms with Crippen molar-refractivity contribution in [2.75, 3.05) is 19.8 Å². The van der Waals surface area contributed by atoms with Crippen LogP contribution in [0.1, 0.15) is 24.8 Å². The monoisotopic (exact) mass is 276 g/mol. The Morgan fingerprint density at radius 1 is 1.25 bits per heavy atom. The Bertz CT molecular complexity index is 490. The average molecular weight is 276 g/mol. The summed E-state index contributed by atoms with van der Waals surface area (Å²) in [5.74, 6) is 1.70. The van der Waals surface area contributed by atoms with Crippen LogP contribution in [0.15, 0.2) is 18.2 Å². The van der Waals surface area contributed by atoms with Crippen LogP contribution in [0.3, 0.4) is 0 Å². The Labute approximate surface area is 118 Å². The number of carbonyl (C=O) groups is 1. The van der Waals surface area contributed by atoms with E-state index in [0.717, 1.165) is 42.9 Å². The zero-order valence-corrected chi connectivity index (χ0v) is 11.5. The van der Waals surface area contributed by atoms with Crippen molar-refractivity contribution in [3.8, 4) is 11.5 Å². The summed E-state index contributed by atoms with van der Waals surface area (Å²) in [6, 6.07) is 5.77. The van der Waals surface area contributed by atoms with Gasteiger partial charge in [-0.2, -0.15) is 0 Å². The van der Waals surface area contributed by atoms with Gasteiger partial charge in [0, 0.05) is 18.7 Å². The number of hydrogen-bond donors (Lipinski definition) is 2. The Balaban J connectivity index is 1.67. The fourth-order valence-corrected chi connectivity index (χ4v) is 2.64. The highest BCUT2D eigenvalue weighted by molar-refractivity contribution is 5.81. The number of ether oxygens (including phenoxy) is 2. The zero-order valence-electron chi connectivity index (χ0n) is 11.5. The highest BCUT2D eigenvalue weighted by atomic mass is 16.6. The van der Waals surface area contributed by atoms with E-state index in [2.05, 4.69) is 10.6 Å². The van der Waals surface area contributed by atoms with Gasteiger partial charge in [0.1, 0.15) is 13.2 Å². The number of carbonyl (C=O) groups excluding carboxylic acids is 1. The van der Waals surface area contributed by atoms with Gasteiger partial charge in [-0.15, -0.1) is 0 Å². The largest absolute Gasteiger partial charge is 0.486 e. The number of rotatable bonds is 3. The van der Waals surface area contributed by atoms with Gasteiger partial charge in [0.2, 0.25) is 5.91 Å². The molecule has 1 aromatic carbocycles. The van der Waals surface area contributed by atoms with Gasteiger partial charge in [-0.3, -0.25) is 4.79 Å². The van der Waals surface area contributed by atoms with Crippen LogP contribution in [0.4, 0.5) is 0 Å². The molecular formula is C15H20N2O3. The first-order chi connectivity index (χ1) is 9.84. The number of nitrogens with one attached hydrogen (secondary N) is 2. The number of hydrogen-bond acceptors (Lipinski definition) is 4. The highest BCUT2D eigenvalue weighted by Gasteiger charge is 2.21. The van der Waals surface area contributed by atoms with Gasteiger partial charge < -0.3 is 20.1 Å². The molecule has 2 N–H and O–H groups in total. The molecule has 0 saturated carbocycles. The van der Waals surface area contributed by atoms with Gasteiger partial charge in [-0.1, -0.05) is 12.1 Å². The normalized spacial score (nSPS) is 22.0. The molecule has 0 aromatic heterocycles. The van der Waals surface area contributed by atoms with Crippen molar-refractivity contribution in [2.24, 2.45) is 0 Å². The third-order valence-corrected chi connectivity index (χ3v) is 3.72. The summed E-state index contributed by atoms with van der Waals surface area (Å²) >= 11 is 0. The predicted octanol–water partition coefficient (Wildman–Crippen LogP) is 1.22. The molecule has 2 aliphatic heterocycles. The summed E-state index contributed by atoms with van der Waals surface area (Å²) < 4.78 is 11.2. The minimum absolute atomic E-state index is 0.101. The second-order valence-corrected chi connectivity index (χ2v) is 5.16. The van der Waals surface area contributed by atoms with E-state index in [0.29, 0.717) is 19.8 Å². The Kier molecular flexibility index (Phi) is 4.06. The van der Waals surface area contributed by atoms with Gasteiger partial charge in [0.15, 0.2) is 11.5 Å². The minimum atomic E-state index is -0.113. The Morgan fingerprint density at radius 2 is 2.15 bits per heavy atom. The van der Waals surface area contributed by atoms with Crippen molar-refractivity contribution in [1.29, 1.82) is 0 Å². The smallest absolute Gasteiger partial charge is 0.237 e.